The molecule has 0 saturated carbocycles. The maximum atomic E-state index is 3.76. The minimum absolute atomic E-state index is 0. The summed E-state index contributed by atoms with van der Waals surface area (Å²) in [5, 5.41) is 0. The van der Waals surface area contributed by atoms with Gasteiger partial charge in [0, 0.05) is 18.6 Å². The summed E-state index contributed by atoms with van der Waals surface area (Å²) < 4.78 is 2.31. The second-order valence-electron chi connectivity index (χ2n) is 3.23. The first kappa shape index (κ1) is 13.2. The summed E-state index contributed by atoms with van der Waals surface area (Å²) in [4.78, 5) is 0. The van der Waals surface area contributed by atoms with Crippen LogP contribution in [-0.2, 0) is 13.0 Å². The Balaban J connectivity index is 0.00000169. The third-order valence-electron chi connectivity index (χ3n) is 2.14. The lowest BCUT2D eigenvalue weighted by atomic mass is 10.2. The summed E-state index contributed by atoms with van der Waals surface area (Å²) in [6.07, 6.45) is 7.56. The van der Waals surface area contributed by atoms with E-state index >= 15 is 0 Å². The van der Waals surface area contributed by atoms with Gasteiger partial charge in [-0.05, 0) is 0 Å². The van der Waals surface area contributed by atoms with Crippen molar-refractivity contribution in [2.45, 2.75) is 32.7 Å². The van der Waals surface area contributed by atoms with Gasteiger partial charge in [0.2, 0.25) is 0 Å². The highest BCUT2D eigenvalue weighted by Gasteiger charge is 2.05. The molecule has 1 aromatic rings. The highest BCUT2D eigenvalue weighted by atomic mass is 35.5. The van der Waals surface area contributed by atoms with Gasteiger partial charge in [0.15, 0.2) is 11.9 Å². The normalized spacial score (nSPS) is 9.21. The Morgan fingerprint density at radius 2 is 2.21 bits per heavy atom. The number of hydrogen-bond acceptors (Lipinski definition) is 0. The largest absolute Gasteiger partial charge is 1.00 e. The molecule has 0 bridgehead atoms. The van der Waals surface area contributed by atoms with Gasteiger partial charge in [-0.2, -0.15) is 0 Å². The molecular formula is C12H18ClN. The quantitative estimate of drug-likeness (QED) is 0.457. The van der Waals surface area contributed by atoms with Crippen LogP contribution in [0.1, 0.15) is 25.5 Å². The highest BCUT2D eigenvalue weighted by Crippen LogP contribution is 1.95. The summed E-state index contributed by atoms with van der Waals surface area (Å²) in [6, 6.07) is 6.33. The molecule has 0 aliphatic carbocycles. The van der Waals surface area contributed by atoms with Gasteiger partial charge < -0.3 is 12.4 Å². The molecule has 0 atom stereocenters. The molecule has 1 nitrogen and oxygen atoms in total. The van der Waals surface area contributed by atoms with E-state index in [4.69, 9.17) is 0 Å². The number of unbranched alkanes of at least 4 members (excludes halogenated alkanes) is 1. The van der Waals surface area contributed by atoms with Gasteiger partial charge >= 0.3 is 0 Å². The van der Waals surface area contributed by atoms with E-state index in [-0.39, 0.29) is 12.4 Å². The lowest BCUT2D eigenvalue weighted by Crippen LogP contribution is -3.00. The number of aryl methyl sites for hydroxylation is 1. The lowest BCUT2D eigenvalue weighted by Gasteiger charge is -2.00. The number of pyridine rings is 1. The Morgan fingerprint density at radius 3 is 2.86 bits per heavy atom. The molecule has 1 rings (SSSR count). The predicted molar refractivity (Wildman–Crippen MR) is 55.4 cm³/mol. The van der Waals surface area contributed by atoms with Gasteiger partial charge in [-0.25, -0.2) is 4.57 Å². The van der Waals surface area contributed by atoms with Gasteiger partial charge in [-0.3, -0.25) is 0 Å². The molecule has 2 heteroatoms. The van der Waals surface area contributed by atoms with E-state index in [0.29, 0.717) is 0 Å². The zero-order chi connectivity index (χ0) is 9.52. The van der Waals surface area contributed by atoms with Crippen LogP contribution in [-0.4, -0.2) is 0 Å². The summed E-state index contributed by atoms with van der Waals surface area (Å²) in [5.74, 6) is 0. The molecule has 0 spiro atoms. The maximum absolute atomic E-state index is 3.76. The summed E-state index contributed by atoms with van der Waals surface area (Å²) in [7, 11) is 0. The van der Waals surface area contributed by atoms with E-state index < -0.39 is 0 Å². The Morgan fingerprint density at radius 1 is 1.43 bits per heavy atom. The van der Waals surface area contributed by atoms with Crippen LogP contribution in [0.15, 0.2) is 37.1 Å². The predicted octanol–water partition coefficient (Wildman–Crippen LogP) is -0.493. The van der Waals surface area contributed by atoms with Crippen LogP contribution in [0.25, 0.3) is 0 Å². The van der Waals surface area contributed by atoms with Crippen molar-refractivity contribution in [3.63, 3.8) is 0 Å². The first-order chi connectivity index (χ1) is 6.38. The molecule has 1 aromatic heterocycles. The van der Waals surface area contributed by atoms with Crippen LogP contribution < -0.4 is 17.0 Å². The van der Waals surface area contributed by atoms with Crippen molar-refractivity contribution in [1.29, 1.82) is 0 Å². The Bertz CT molecular complexity index is 271. The monoisotopic (exact) mass is 211 g/mol. The van der Waals surface area contributed by atoms with E-state index in [9.17, 15) is 0 Å². The number of rotatable bonds is 5. The average Bonchev–Trinajstić information content (AvgIpc) is 2.17. The molecule has 0 aliphatic rings. The number of hydrogen-bond donors (Lipinski definition) is 0. The summed E-state index contributed by atoms with van der Waals surface area (Å²) in [5.41, 5.74) is 1.35. The van der Waals surface area contributed by atoms with Gasteiger partial charge in [-0.1, -0.05) is 25.5 Å². The Hall–Kier alpha value is -0.820. The van der Waals surface area contributed by atoms with Crippen LogP contribution in [0.3, 0.4) is 0 Å². The van der Waals surface area contributed by atoms with Crippen LogP contribution in [0.4, 0.5) is 0 Å². The molecule has 0 fully saturated rings. The Kier molecular flexibility index (Phi) is 7.13. The first-order valence-corrected chi connectivity index (χ1v) is 4.96. The fraction of sp³-hybridized carbons (Fsp3) is 0.417. The highest BCUT2D eigenvalue weighted by molar-refractivity contribution is 5.00. The van der Waals surface area contributed by atoms with Crippen molar-refractivity contribution >= 4 is 0 Å². The van der Waals surface area contributed by atoms with Crippen molar-refractivity contribution in [3.05, 3.63) is 42.7 Å². The number of nitrogens with zero attached hydrogens (tertiary/aromatic N) is 1. The lowest BCUT2D eigenvalue weighted by molar-refractivity contribution is -0.704. The average molecular weight is 212 g/mol. The molecule has 0 amide bonds. The van der Waals surface area contributed by atoms with E-state index in [2.05, 4.69) is 42.5 Å². The fourth-order valence-corrected chi connectivity index (χ4v) is 1.39. The number of aromatic nitrogens is 1. The van der Waals surface area contributed by atoms with Crippen LogP contribution in [0.5, 0.6) is 0 Å². The number of allylic oxidation sites excluding steroid dienone is 1. The molecule has 0 saturated heterocycles. The van der Waals surface area contributed by atoms with Crippen LogP contribution in [0.2, 0.25) is 0 Å². The number of halogens is 1. The molecule has 0 aliphatic heterocycles. The van der Waals surface area contributed by atoms with Crippen molar-refractivity contribution in [2.24, 2.45) is 0 Å². The molecular weight excluding hydrogens is 194 g/mol. The zero-order valence-electron chi connectivity index (χ0n) is 8.75. The fourth-order valence-electron chi connectivity index (χ4n) is 1.39. The third kappa shape index (κ3) is 3.93. The summed E-state index contributed by atoms with van der Waals surface area (Å²) >= 11 is 0. The van der Waals surface area contributed by atoms with Gasteiger partial charge in [-0.15, -0.1) is 6.58 Å². The van der Waals surface area contributed by atoms with Gasteiger partial charge in [0.1, 0.15) is 6.54 Å². The minimum atomic E-state index is 0. The second-order valence-corrected chi connectivity index (χ2v) is 3.23. The van der Waals surface area contributed by atoms with Crippen LogP contribution in [0, 0.1) is 0 Å². The molecule has 0 unspecified atom stereocenters. The standard InChI is InChI=1S/C12H18N.ClH/c1-3-5-10-13-11-7-6-9-12(13)8-4-2;/h4,6-7,9,11H,2-3,5,8,10H2,1H3;1H/q+1;/p-1. The van der Waals surface area contributed by atoms with Crippen molar-refractivity contribution in [1.82, 2.24) is 0 Å². The molecule has 0 radical (unpaired) electrons. The first-order valence-electron chi connectivity index (χ1n) is 4.96. The second kappa shape index (κ2) is 7.57. The van der Waals surface area contributed by atoms with Crippen LogP contribution >= 0.6 is 0 Å². The maximum Gasteiger partial charge on any atom is 0.185 e. The zero-order valence-corrected chi connectivity index (χ0v) is 9.50. The molecule has 1 heterocycles. The van der Waals surface area contributed by atoms with Gasteiger partial charge in [0.05, 0.1) is 6.42 Å². The van der Waals surface area contributed by atoms with Crippen molar-refractivity contribution in [2.75, 3.05) is 0 Å². The molecule has 78 valence electrons. The van der Waals surface area contributed by atoms with E-state index in [1.165, 1.54) is 18.5 Å². The Labute approximate surface area is 92.9 Å². The SMILES string of the molecule is C=CCc1cccc[n+]1CCCC.[Cl-]. The van der Waals surface area contributed by atoms with Gasteiger partial charge in [0.25, 0.3) is 0 Å². The molecule has 14 heavy (non-hydrogen) atoms. The van der Waals surface area contributed by atoms with E-state index in [0.717, 1.165) is 13.0 Å². The van der Waals surface area contributed by atoms with Crippen molar-refractivity contribution in [3.8, 4) is 0 Å². The van der Waals surface area contributed by atoms with E-state index in [1.807, 2.05) is 6.08 Å². The topological polar surface area (TPSA) is 3.88 Å². The summed E-state index contributed by atoms with van der Waals surface area (Å²) in [6.45, 7) is 7.11. The van der Waals surface area contributed by atoms with Crippen molar-refractivity contribution < 1.29 is 17.0 Å². The van der Waals surface area contributed by atoms with E-state index in [1.54, 1.807) is 0 Å². The smallest absolute Gasteiger partial charge is 0.185 e. The third-order valence-corrected chi connectivity index (χ3v) is 2.14. The molecule has 0 N–H and O–H groups in total. The minimum Gasteiger partial charge on any atom is -1.00 e. The molecule has 0 aromatic carbocycles.